The van der Waals surface area contributed by atoms with Gasteiger partial charge in [-0.2, -0.15) is 0 Å². The van der Waals surface area contributed by atoms with Crippen LogP contribution in [0.15, 0.2) is 47.1 Å². The maximum Gasteiger partial charge on any atom is 0.170 e. The summed E-state index contributed by atoms with van der Waals surface area (Å²) in [6.45, 7) is 1.61. The summed E-state index contributed by atoms with van der Waals surface area (Å²) in [6, 6.07) is 11.8. The molecule has 15 heavy (non-hydrogen) atoms. The lowest BCUT2D eigenvalue weighted by molar-refractivity contribution is 0.451. The molecule has 0 aliphatic heterocycles. The van der Waals surface area contributed by atoms with Crippen molar-refractivity contribution in [2.75, 3.05) is 0 Å². The molecule has 1 aromatic heterocycles. The first-order chi connectivity index (χ1) is 7.27. The van der Waals surface area contributed by atoms with E-state index in [2.05, 4.69) is 0 Å². The minimum atomic E-state index is 0.196. The summed E-state index contributed by atoms with van der Waals surface area (Å²) in [4.78, 5) is 0. The fraction of sp³-hybridized carbons (Fsp3) is 0.0769. The summed E-state index contributed by atoms with van der Waals surface area (Å²) in [7, 11) is 0. The van der Waals surface area contributed by atoms with E-state index in [0.717, 1.165) is 10.8 Å². The van der Waals surface area contributed by atoms with Crippen LogP contribution in [0.1, 0.15) is 12.5 Å². The van der Waals surface area contributed by atoms with E-state index in [9.17, 15) is 5.11 Å². The average Bonchev–Trinajstić information content (AvgIpc) is 2.67. The molecule has 0 saturated carbocycles. The molecular formula is C13H12O2. The number of rotatable bonds is 1. The normalized spacial score (nSPS) is 14.1. The van der Waals surface area contributed by atoms with Crippen LogP contribution in [0, 0.1) is 0 Å². The Kier molecular flexibility index (Phi) is 2.59. The quantitative estimate of drug-likeness (QED) is 0.761. The van der Waals surface area contributed by atoms with Crippen LogP contribution in [0.5, 0.6) is 0 Å². The van der Waals surface area contributed by atoms with Crippen molar-refractivity contribution in [1.82, 2.24) is 0 Å². The van der Waals surface area contributed by atoms with Gasteiger partial charge in [-0.15, -0.1) is 0 Å². The molecular weight excluding hydrogens is 188 g/mol. The van der Waals surface area contributed by atoms with E-state index >= 15 is 0 Å². The Morgan fingerprint density at radius 1 is 1.20 bits per heavy atom. The Morgan fingerprint density at radius 2 is 1.93 bits per heavy atom. The van der Waals surface area contributed by atoms with Gasteiger partial charge in [-0.25, -0.2) is 0 Å². The van der Waals surface area contributed by atoms with Crippen LogP contribution in [0.3, 0.4) is 0 Å². The van der Waals surface area contributed by atoms with Gasteiger partial charge in [0.05, 0.1) is 6.26 Å². The summed E-state index contributed by atoms with van der Waals surface area (Å²) in [6.07, 6.45) is 3.54. The van der Waals surface area contributed by atoms with Gasteiger partial charge >= 0.3 is 0 Å². The molecule has 0 atom stereocenters. The van der Waals surface area contributed by atoms with Gasteiger partial charge in [-0.1, -0.05) is 30.3 Å². The molecule has 0 aliphatic rings. The molecule has 76 valence electrons. The van der Waals surface area contributed by atoms with Crippen LogP contribution >= 0.6 is 0 Å². The maximum atomic E-state index is 9.37. The lowest BCUT2D eigenvalue weighted by Crippen LogP contribution is -2.21. The van der Waals surface area contributed by atoms with Crippen molar-refractivity contribution >= 4 is 11.8 Å². The molecule has 2 rings (SSSR count). The van der Waals surface area contributed by atoms with Crippen LogP contribution in [0.25, 0.3) is 11.8 Å². The molecule has 1 N–H and O–H groups in total. The van der Waals surface area contributed by atoms with Gasteiger partial charge in [-0.05, 0) is 24.6 Å². The van der Waals surface area contributed by atoms with Gasteiger partial charge in [0.25, 0.3) is 0 Å². The molecule has 0 bridgehead atoms. The van der Waals surface area contributed by atoms with E-state index < -0.39 is 0 Å². The smallest absolute Gasteiger partial charge is 0.170 e. The minimum absolute atomic E-state index is 0.196. The number of aliphatic hydroxyl groups is 1. The predicted octanol–water partition coefficient (Wildman–Crippen LogP) is 1.79. The number of hydrogen-bond donors (Lipinski definition) is 1. The average molecular weight is 200 g/mol. The first-order valence-corrected chi connectivity index (χ1v) is 4.77. The molecule has 0 radical (unpaired) electrons. The highest BCUT2D eigenvalue weighted by molar-refractivity contribution is 5.49. The second-order valence-corrected chi connectivity index (χ2v) is 3.35. The summed E-state index contributed by atoms with van der Waals surface area (Å²) < 4.78 is 5.18. The molecule has 0 fully saturated rings. The first kappa shape index (κ1) is 9.59. The molecule has 1 aromatic carbocycles. The van der Waals surface area contributed by atoms with Crippen LogP contribution in [-0.2, 0) is 0 Å². The van der Waals surface area contributed by atoms with Gasteiger partial charge in [0, 0.05) is 5.22 Å². The van der Waals surface area contributed by atoms with E-state index in [-0.39, 0.29) is 5.76 Å². The fourth-order valence-electron chi connectivity index (χ4n) is 1.46. The predicted molar refractivity (Wildman–Crippen MR) is 59.7 cm³/mol. The second kappa shape index (κ2) is 4.05. The van der Waals surface area contributed by atoms with Gasteiger partial charge < -0.3 is 9.52 Å². The number of furan rings is 1. The van der Waals surface area contributed by atoms with Crippen molar-refractivity contribution < 1.29 is 9.52 Å². The molecule has 2 nitrogen and oxygen atoms in total. The molecule has 2 heteroatoms. The first-order valence-electron chi connectivity index (χ1n) is 4.77. The van der Waals surface area contributed by atoms with Crippen molar-refractivity contribution in [2.45, 2.75) is 6.92 Å². The topological polar surface area (TPSA) is 33.4 Å². The Morgan fingerprint density at radius 3 is 2.60 bits per heavy atom. The van der Waals surface area contributed by atoms with Crippen molar-refractivity contribution in [3.8, 4) is 0 Å². The lowest BCUT2D eigenvalue weighted by Gasteiger charge is -1.89. The van der Waals surface area contributed by atoms with Gasteiger partial charge in [-0.3, -0.25) is 0 Å². The zero-order valence-electron chi connectivity index (χ0n) is 8.47. The number of hydrogen-bond acceptors (Lipinski definition) is 2. The Labute approximate surface area is 87.8 Å². The third-order valence-electron chi connectivity index (χ3n) is 2.15. The van der Waals surface area contributed by atoms with Gasteiger partial charge in [0.2, 0.25) is 0 Å². The molecule has 0 spiro atoms. The molecule has 0 unspecified atom stereocenters. The minimum Gasteiger partial charge on any atom is -0.509 e. The number of benzene rings is 1. The van der Waals surface area contributed by atoms with Gasteiger partial charge in [0.1, 0.15) is 5.76 Å². The number of aliphatic hydroxyl groups excluding tert-OH is 1. The summed E-state index contributed by atoms with van der Waals surface area (Å²) in [5.41, 5.74) is 1.61. The monoisotopic (exact) mass is 200 g/mol. The van der Waals surface area contributed by atoms with E-state index in [1.807, 2.05) is 42.5 Å². The SMILES string of the molecule is CC(O)=c1occc1=Cc1ccccc1. The second-order valence-electron chi connectivity index (χ2n) is 3.35. The largest absolute Gasteiger partial charge is 0.509 e. The third-order valence-corrected chi connectivity index (χ3v) is 2.15. The van der Waals surface area contributed by atoms with Crippen molar-refractivity contribution in [3.05, 3.63) is 58.9 Å². The maximum absolute atomic E-state index is 9.37. The summed E-state index contributed by atoms with van der Waals surface area (Å²) in [5, 5.41) is 10.3. The Hall–Kier alpha value is -1.96. The molecule has 1 heterocycles. The highest BCUT2D eigenvalue weighted by Crippen LogP contribution is 1.97. The Balaban J connectivity index is 2.61. The molecule has 0 aliphatic carbocycles. The zero-order valence-corrected chi connectivity index (χ0v) is 8.47. The van der Waals surface area contributed by atoms with Crippen LogP contribution in [0.2, 0.25) is 0 Å². The summed E-state index contributed by atoms with van der Waals surface area (Å²) >= 11 is 0. The third kappa shape index (κ3) is 2.10. The molecule has 0 amide bonds. The van der Waals surface area contributed by atoms with E-state index in [1.165, 1.54) is 0 Å². The Bertz CT molecular complexity index is 546. The van der Waals surface area contributed by atoms with Gasteiger partial charge in [0.15, 0.2) is 5.42 Å². The van der Waals surface area contributed by atoms with E-state index in [1.54, 1.807) is 13.2 Å². The lowest BCUT2D eigenvalue weighted by atomic mass is 10.2. The molecule has 2 aromatic rings. The van der Waals surface area contributed by atoms with Crippen LogP contribution in [0.4, 0.5) is 0 Å². The van der Waals surface area contributed by atoms with Crippen molar-refractivity contribution in [3.63, 3.8) is 0 Å². The van der Waals surface area contributed by atoms with Crippen molar-refractivity contribution in [1.29, 1.82) is 0 Å². The standard InChI is InChI=1S/C13H12O2/c1-10(14)13-12(7-8-15-13)9-11-5-3-2-4-6-11/h2-9,14H,1H3. The zero-order chi connectivity index (χ0) is 10.7. The fourth-order valence-corrected chi connectivity index (χ4v) is 1.46. The molecule has 0 saturated heterocycles. The van der Waals surface area contributed by atoms with E-state index in [4.69, 9.17) is 4.42 Å². The highest BCUT2D eigenvalue weighted by atomic mass is 16.3. The summed E-state index contributed by atoms with van der Waals surface area (Å²) in [5.74, 6) is 0.196. The van der Waals surface area contributed by atoms with Crippen LogP contribution in [-0.4, -0.2) is 5.11 Å². The van der Waals surface area contributed by atoms with Crippen molar-refractivity contribution in [2.24, 2.45) is 0 Å². The highest BCUT2D eigenvalue weighted by Gasteiger charge is 1.93. The van der Waals surface area contributed by atoms with E-state index in [0.29, 0.717) is 5.42 Å². The van der Waals surface area contributed by atoms with Crippen LogP contribution < -0.4 is 10.6 Å².